The van der Waals surface area contributed by atoms with Crippen molar-refractivity contribution in [2.75, 3.05) is 18.1 Å². The van der Waals surface area contributed by atoms with Crippen LogP contribution in [0.25, 0.3) is 0 Å². The van der Waals surface area contributed by atoms with Crippen LogP contribution in [0.15, 0.2) is 29.4 Å². The number of hydrogen-bond donors (Lipinski definition) is 1. The Morgan fingerprint density at radius 3 is 3.06 bits per heavy atom. The molecular weight excluding hydrogens is 254 g/mol. The predicted molar refractivity (Wildman–Crippen MR) is 71.7 cm³/mol. The maximum absolute atomic E-state index is 5.61. The second-order valence-electron chi connectivity index (χ2n) is 3.43. The van der Waals surface area contributed by atoms with Gasteiger partial charge in [-0.2, -0.15) is 9.36 Å². The van der Waals surface area contributed by atoms with Crippen LogP contribution in [-0.4, -0.2) is 21.7 Å². The molecule has 4 nitrogen and oxygen atoms in total. The number of nitrogen functional groups attached to an aromatic ring is 1. The number of hydrogen-bond acceptors (Lipinski definition) is 6. The van der Waals surface area contributed by atoms with Crippen LogP contribution in [0, 0.1) is 6.92 Å². The molecule has 90 valence electrons. The van der Waals surface area contributed by atoms with Crippen LogP contribution >= 0.6 is 23.3 Å². The van der Waals surface area contributed by atoms with E-state index in [1.54, 1.807) is 11.8 Å². The third-order valence-electron chi connectivity index (χ3n) is 2.00. The standard InChI is InChI=1S/C11H13N3OS2/c1-8-3-2-4-9(7-8)15-5-6-16-11-13-10(12)17-14-11/h2-4,7H,5-6H2,1H3,(H2,12,13,14). The lowest BCUT2D eigenvalue weighted by Gasteiger charge is -2.05. The summed E-state index contributed by atoms with van der Waals surface area (Å²) in [6.07, 6.45) is 0. The minimum Gasteiger partial charge on any atom is -0.493 e. The Hall–Kier alpha value is -1.27. The normalized spacial score (nSPS) is 10.4. The van der Waals surface area contributed by atoms with Crippen molar-refractivity contribution >= 4 is 28.4 Å². The molecule has 1 heterocycles. The van der Waals surface area contributed by atoms with E-state index in [0.717, 1.165) is 16.7 Å². The van der Waals surface area contributed by atoms with Gasteiger partial charge in [0, 0.05) is 17.3 Å². The molecule has 0 aliphatic rings. The highest BCUT2D eigenvalue weighted by atomic mass is 32.2. The third-order valence-corrected chi connectivity index (χ3v) is 3.47. The maximum Gasteiger partial charge on any atom is 0.202 e. The number of aryl methyl sites for hydroxylation is 1. The molecular formula is C11H13N3OS2. The molecule has 6 heteroatoms. The molecule has 1 aromatic heterocycles. The molecule has 2 aromatic rings. The second-order valence-corrected chi connectivity index (χ2v) is 5.27. The van der Waals surface area contributed by atoms with Crippen molar-refractivity contribution in [2.45, 2.75) is 12.1 Å². The number of anilines is 1. The molecule has 0 saturated heterocycles. The van der Waals surface area contributed by atoms with Crippen LogP contribution in [0.2, 0.25) is 0 Å². The molecule has 0 radical (unpaired) electrons. The van der Waals surface area contributed by atoms with E-state index in [1.807, 2.05) is 31.2 Å². The molecule has 0 saturated carbocycles. The molecule has 1 aromatic carbocycles. The van der Waals surface area contributed by atoms with Crippen LogP contribution in [0.4, 0.5) is 5.13 Å². The first-order chi connectivity index (χ1) is 8.24. The molecule has 2 rings (SSSR count). The Morgan fingerprint density at radius 2 is 2.35 bits per heavy atom. The van der Waals surface area contributed by atoms with Crippen LogP contribution in [-0.2, 0) is 0 Å². The van der Waals surface area contributed by atoms with E-state index in [4.69, 9.17) is 10.5 Å². The molecule has 0 atom stereocenters. The average molecular weight is 267 g/mol. The van der Waals surface area contributed by atoms with Gasteiger partial charge in [0.05, 0.1) is 6.61 Å². The zero-order valence-electron chi connectivity index (χ0n) is 9.42. The van der Waals surface area contributed by atoms with Gasteiger partial charge < -0.3 is 10.5 Å². The topological polar surface area (TPSA) is 61.0 Å². The van der Waals surface area contributed by atoms with Gasteiger partial charge in [0.25, 0.3) is 0 Å². The zero-order valence-corrected chi connectivity index (χ0v) is 11.1. The number of rotatable bonds is 5. The van der Waals surface area contributed by atoms with E-state index in [-0.39, 0.29) is 0 Å². The lowest BCUT2D eigenvalue weighted by molar-refractivity contribution is 0.343. The Bertz CT molecular complexity index is 487. The van der Waals surface area contributed by atoms with Gasteiger partial charge >= 0.3 is 0 Å². The molecule has 17 heavy (non-hydrogen) atoms. The molecule has 0 amide bonds. The van der Waals surface area contributed by atoms with E-state index in [9.17, 15) is 0 Å². The minimum atomic E-state index is 0.507. The molecule has 0 spiro atoms. The van der Waals surface area contributed by atoms with Crippen molar-refractivity contribution in [3.05, 3.63) is 29.8 Å². The highest BCUT2D eigenvalue weighted by Crippen LogP contribution is 2.18. The van der Waals surface area contributed by atoms with Crippen molar-refractivity contribution in [3.8, 4) is 5.75 Å². The molecule has 0 bridgehead atoms. The van der Waals surface area contributed by atoms with E-state index in [1.165, 1.54) is 17.1 Å². The van der Waals surface area contributed by atoms with Gasteiger partial charge in [0.2, 0.25) is 10.3 Å². The monoisotopic (exact) mass is 267 g/mol. The first-order valence-electron chi connectivity index (χ1n) is 5.15. The van der Waals surface area contributed by atoms with Gasteiger partial charge in [-0.25, -0.2) is 0 Å². The van der Waals surface area contributed by atoms with Gasteiger partial charge in [0.1, 0.15) is 5.75 Å². The molecule has 0 aliphatic carbocycles. The smallest absolute Gasteiger partial charge is 0.202 e. The van der Waals surface area contributed by atoms with Crippen LogP contribution in [0.3, 0.4) is 0 Å². The number of thioether (sulfide) groups is 1. The zero-order chi connectivity index (χ0) is 12.1. The Balaban J connectivity index is 1.73. The summed E-state index contributed by atoms with van der Waals surface area (Å²) in [6.45, 7) is 2.68. The fourth-order valence-corrected chi connectivity index (χ4v) is 2.51. The largest absolute Gasteiger partial charge is 0.493 e. The number of benzene rings is 1. The lowest BCUT2D eigenvalue weighted by Crippen LogP contribution is -2.00. The first-order valence-corrected chi connectivity index (χ1v) is 6.91. The number of ether oxygens (including phenoxy) is 1. The van der Waals surface area contributed by atoms with Crippen LogP contribution in [0.1, 0.15) is 5.56 Å². The number of aromatic nitrogens is 2. The first kappa shape index (κ1) is 12.2. The Kier molecular flexibility index (Phi) is 4.22. The third kappa shape index (κ3) is 3.90. The summed E-state index contributed by atoms with van der Waals surface area (Å²) in [7, 11) is 0. The van der Waals surface area contributed by atoms with Gasteiger partial charge in [-0.15, -0.1) is 0 Å². The van der Waals surface area contributed by atoms with Crippen molar-refractivity contribution in [1.29, 1.82) is 0 Å². The molecule has 0 aliphatic heterocycles. The predicted octanol–water partition coefficient (Wildman–Crippen LogP) is 2.60. The Labute approximate surface area is 108 Å². The summed E-state index contributed by atoms with van der Waals surface area (Å²) < 4.78 is 9.70. The van der Waals surface area contributed by atoms with Gasteiger partial charge in [-0.05, 0) is 24.6 Å². The van der Waals surface area contributed by atoms with Crippen molar-refractivity contribution in [3.63, 3.8) is 0 Å². The fourth-order valence-electron chi connectivity index (χ4n) is 1.28. The second kappa shape index (κ2) is 5.88. The number of nitrogens with zero attached hydrogens (tertiary/aromatic N) is 2. The van der Waals surface area contributed by atoms with E-state index >= 15 is 0 Å². The Morgan fingerprint density at radius 1 is 1.47 bits per heavy atom. The average Bonchev–Trinajstić information content (AvgIpc) is 2.71. The SMILES string of the molecule is Cc1cccc(OCCSc2nsc(N)n2)c1. The summed E-state index contributed by atoms with van der Waals surface area (Å²) in [5.41, 5.74) is 6.69. The van der Waals surface area contributed by atoms with Gasteiger partial charge in [0.15, 0.2) is 0 Å². The van der Waals surface area contributed by atoms with E-state index in [0.29, 0.717) is 11.7 Å². The highest BCUT2D eigenvalue weighted by molar-refractivity contribution is 7.99. The maximum atomic E-state index is 5.61. The highest BCUT2D eigenvalue weighted by Gasteiger charge is 2.01. The summed E-state index contributed by atoms with van der Waals surface area (Å²) in [6, 6.07) is 8.00. The van der Waals surface area contributed by atoms with Crippen molar-refractivity contribution in [1.82, 2.24) is 9.36 Å². The summed E-state index contributed by atoms with van der Waals surface area (Å²) in [5.74, 6) is 1.71. The quantitative estimate of drug-likeness (QED) is 0.666. The van der Waals surface area contributed by atoms with Gasteiger partial charge in [-0.3, -0.25) is 0 Å². The van der Waals surface area contributed by atoms with E-state index < -0.39 is 0 Å². The minimum absolute atomic E-state index is 0.507. The molecule has 0 fully saturated rings. The summed E-state index contributed by atoms with van der Waals surface area (Å²) in [4.78, 5) is 4.06. The van der Waals surface area contributed by atoms with Crippen LogP contribution in [0.5, 0.6) is 5.75 Å². The van der Waals surface area contributed by atoms with Crippen molar-refractivity contribution in [2.24, 2.45) is 0 Å². The van der Waals surface area contributed by atoms with E-state index in [2.05, 4.69) is 9.36 Å². The fraction of sp³-hybridized carbons (Fsp3) is 0.273. The number of nitrogens with two attached hydrogens (primary N) is 1. The summed E-state index contributed by atoms with van der Waals surface area (Å²) in [5, 5.41) is 1.23. The summed E-state index contributed by atoms with van der Waals surface area (Å²) >= 11 is 2.76. The lowest BCUT2D eigenvalue weighted by atomic mass is 10.2. The van der Waals surface area contributed by atoms with Crippen LogP contribution < -0.4 is 10.5 Å². The molecule has 0 unspecified atom stereocenters. The molecule has 2 N–H and O–H groups in total. The van der Waals surface area contributed by atoms with Gasteiger partial charge in [-0.1, -0.05) is 23.9 Å². The van der Waals surface area contributed by atoms with Crippen molar-refractivity contribution < 1.29 is 4.74 Å².